The van der Waals surface area contributed by atoms with Crippen molar-refractivity contribution in [1.82, 2.24) is 20.1 Å². The third kappa shape index (κ3) is 1.93. The van der Waals surface area contributed by atoms with Crippen LogP contribution in [0.5, 0.6) is 0 Å². The molecule has 1 aromatic carbocycles. The summed E-state index contributed by atoms with van der Waals surface area (Å²) in [7, 11) is 0. The number of aromatic nitrogens is 4. The van der Waals surface area contributed by atoms with Gasteiger partial charge in [0.05, 0.1) is 5.41 Å². The number of aryl methyl sites for hydroxylation is 1. The van der Waals surface area contributed by atoms with Gasteiger partial charge in [-0.05, 0) is 30.9 Å². The van der Waals surface area contributed by atoms with Crippen molar-refractivity contribution >= 4 is 0 Å². The van der Waals surface area contributed by atoms with E-state index >= 15 is 0 Å². The summed E-state index contributed by atoms with van der Waals surface area (Å²) in [4.78, 5) is 12.8. The lowest BCUT2D eigenvalue weighted by atomic mass is 9.96. The molecule has 5 nitrogen and oxygen atoms in total. The standard InChI is InChI=1S/C16H14N4O/c1-11-9-17-10-18-13(11)14-19-15(21-20-14)16(7-8-16)12-5-3-2-4-6-12/h2-6,9-10H,7-8H2,1H3. The van der Waals surface area contributed by atoms with E-state index in [-0.39, 0.29) is 5.41 Å². The number of hydrogen-bond donors (Lipinski definition) is 0. The highest BCUT2D eigenvalue weighted by atomic mass is 16.5. The molecule has 1 aliphatic rings. The van der Waals surface area contributed by atoms with E-state index in [1.807, 2.05) is 25.1 Å². The molecule has 0 unspecified atom stereocenters. The maximum Gasteiger partial charge on any atom is 0.237 e. The van der Waals surface area contributed by atoms with Crippen LogP contribution in [0.2, 0.25) is 0 Å². The van der Waals surface area contributed by atoms with Gasteiger partial charge in [-0.25, -0.2) is 9.97 Å². The summed E-state index contributed by atoms with van der Waals surface area (Å²) < 4.78 is 5.53. The average molecular weight is 278 g/mol. The van der Waals surface area contributed by atoms with Crippen molar-refractivity contribution in [2.45, 2.75) is 25.2 Å². The molecule has 4 rings (SSSR count). The molecule has 0 bridgehead atoms. The molecular formula is C16H14N4O. The van der Waals surface area contributed by atoms with Crippen LogP contribution in [-0.2, 0) is 5.41 Å². The maximum absolute atomic E-state index is 5.53. The van der Waals surface area contributed by atoms with Crippen molar-refractivity contribution in [3.8, 4) is 11.5 Å². The highest BCUT2D eigenvalue weighted by molar-refractivity contribution is 5.53. The molecule has 2 aromatic heterocycles. The van der Waals surface area contributed by atoms with Gasteiger partial charge < -0.3 is 4.52 Å². The lowest BCUT2D eigenvalue weighted by Gasteiger charge is -2.09. The molecule has 0 spiro atoms. The van der Waals surface area contributed by atoms with Gasteiger partial charge in [0.25, 0.3) is 0 Å². The summed E-state index contributed by atoms with van der Waals surface area (Å²) >= 11 is 0. The molecule has 0 N–H and O–H groups in total. The molecule has 2 heterocycles. The van der Waals surface area contributed by atoms with Crippen LogP contribution in [0.1, 0.15) is 29.9 Å². The SMILES string of the molecule is Cc1cncnc1-c1noc(C2(c3ccccc3)CC2)n1. The summed E-state index contributed by atoms with van der Waals surface area (Å²) in [6, 6.07) is 10.3. The van der Waals surface area contributed by atoms with E-state index in [1.54, 1.807) is 6.20 Å². The molecule has 0 saturated heterocycles. The zero-order valence-electron chi connectivity index (χ0n) is 11.7. The Bertz CT molecular complexity index is 778. The van der Waals surface area contributed by atoms with E-state index in [1.165, 1.54) is 11.9 Å². The Morgan fingerprint density at radius 3 is 2.67 bits per heavy atom. The molecule has 104 valence electrons. The van der Waals surface area contributed by atoms with Gasteiger partial charge in [-0.15, -0.1) is 0 Å². The Hall–Kier alpha value is -2.56. The van der Waals surface area contributed by atoms with Gasteiger partial charge in [-0.1, -0.05) is 35.5 Å². The van der Waals surface area contributed by atoms with Crippen molar-refractivity contribution in [2.75, 3.05) is 0 Å². The molecule has 1 saturated carbocycles. The summed E-state index contributed by atoms with van der Waals surface area (Å²) in [5, 5.41) is 4.10. The fourth-order valence-electron chi connectivity index (χ4n) is 2.66. The molecule has 0 aliphatic heterocycles. The Balaban J connectivity index is 1.74. The molecule has 1 aliphatic carbocycles. The molecular weight excluding hydrogens is 264 g/mol. The van der Waals surface area contributed by atoms with Crippen LogP contribution >= 0.6 is 0 Å². The van der Waals surface area contributed by atoms with Crippen LogP contribution in [0.25, 0.3) is 11.5 Å². The van der Waals surface area contributed by atoms with Crippen LogP contribution in [0.3, 0.4) is 0 Å². The maximum atomic E-state index is 5.53. The van der Waals surface area contributed by atoms with Crippen molar-refractivity contribution in [1.29, 1.82) is 0 Å². The van der Waals surface area contributed by atoms with Crippen molar-refractivity contribution in [3.63, 3.8) is 0 Å². The molecule has 5 heteroatoms. The molecule has 0 radical (unpaired) electrons. The second kappa shape index (κ2) is 4.48. The Morgan fingerprint density at radius 2 is 1.95 bits per heavy atom. The van der Waals surface area contributed by atoms with Gasteiger partial charge in [0.15, 0.2) is 0 Å². The third-order valence-corrected chi connectivity index (χ3v) is 4.02. The Labute approximate surface area is 122 Å². The third-order valence-electron chi connectivity index (χ3n) is 4.02. The largest absolute Gasteiger partial charge is 0.338 e. The van der Waals surface area contributed by atoms with E-state index in [4.69, 9.17) is 4.52 Å². The van der Waals surface area contributed by atoms with Gasteiger partial charge in [-0.2, -0.15) is 4.98 Å². The fraction of sp³-hybridized carbons (Fsp3) is 0.250. The van der Waals surface area contributed by atoms with Gasteiger partial charge in [0.2, 0.25) is 11.7 Å². The Morgan fingerprint density at radius 1 is 1.14 bits per heavy atom. The van der Waals surface area contributed by atoms with Gasteiger partial charge >= 0.3 is 0 Å². The van der Waals surface area contributed by atoms with Crippen LogP contribution in [0.4, 0.5) is 0 Å². The number of hydrogen-bond acceptors (Lipinski definition) is 5. The van der Waals surface area contributed by atoms with Crippen LogP contribution in [0.15, 0.2) is 47.4 Å². The highest BCUT2D eigenvalue weighted by Gasteiger charge is 2.50. The average Bonchev–Trinajstić information content (AvgIpc) is 3.20. The summed E-state index contributed by atoms with van der Waals surface area (Å²) in [6.45, 7) is 1.94. The monoisotopic (exact) mass is 278 g/mol. The quantitative estimate of drug-likeness (QED) is 0.737. The molecule has 0 atom stereocenters. The van der Waals surface area contributed by atoms with Crippen molar-refractivity contribution < 1.29 is 4.52 Å². The summed E-state index contributed by atoms with van der Waals surface area (Å²) in [5.41, 5.74) is 2.80. The van der Waals surface area contributed by atoms with Crippen molar-refractivity contribution in [2.24, 2.45) is 0 Å². The van der Waals surface area contributed by atoms with Gasteiger partial charge in [-0.3, -0.25) is 0 Å². The van der Waals surface area contributed by atoms with E-state index in [9.17, 15) is 0 Å². The first-order valence-corrected chi connectivity index (χ1v) is 6.96. The second-order valence-corrected chi connectivity index (χ2v) is 5.43. The van der Waals surface area contributed by atoms with Crippen LogP contribution in [-0.4, -0.2) is 20.1 Å². The summed E-state index contributed by atoms with van der Waals surface area (Å²) in [5.74, 6) is 1.22. The number of benzene rings is 1. The minimum absolute atomic E-state index is 0.104. The van der Waals surface area contributed by atoms with E-state index < -0.39 is 0 Å². The number of nitrogens with zero attached hydrogens (tertiary/aromatic N) is 4. The van der Waals surface area contributed by atoms with E-state index in [0.29, 0.717) is 11.7 Å². The molecule has 0 amide bonds. The van der Waals surface area contributed by atoms with E-state index in [2.05, 4.69) is 32.2 Å². The van der Waals surface area contributed by atoms with Gasteiger partial charge in [0.1, 0.15) is 12.0 Å². The Kier molecular flexibility index (Phi) is 2.60. The van der Waals surface area contributed by atoms with Gasteiger partial charge in [0, 0.05) is 6.20 Å². The van der Waals surface area contributed by atoms with E-state index in [0.717, 1.165) is 24.1 Å². The topological polar surface area (TPSA) is 64.7 Å². The highest BCUT2D eigenvalue weighted by Crippen LogP contribution is 2.52. The van der Waals surface area contributed by atoms with Crippen molar-refractivity contribution in [3.05, 3.63) is 59.9 Å². The first kappa shape index (κ1) is 12.2. The fourth-order valence-corrected chi connectivity index (χ4v) is 2.66. The zero-order valence-corrected chi connectivity index (χ0v) is 11.7. The van der Waals surface area contributed by atoms with Crippen LogP contribution < -0.4 is 0 Å². The first-order chi connectivity index (χ1) is 10.3. The minimum atomic E-state index is -0.104. The molecule has 1 fully saturated rings. The first-order valence-electron chi connectivity index (χ1n) is 6.96. The molecule has 3 aromatic rings. The second-order valence-electron chi connectivity index (χ2n) is 5.43. The predicted molar refractivity (Wildman–Crippen MR) is 76.5 cm³/mol. The lowest BCUT2D eigenvalue weighted by Crippen LogP contribution is -2.08. The molecule has 21 heavy (non-hydrogen) atoms. The smallest absolute Gasteiger partial charge is 0.237 e. The minimum Gasteiger partial charge on any atom is -0.338 e. The summed E-state index contributed by atoms with van der Waals surface area (Å²) in [6.07, 6.45) is 5.34. The zero-order chi connectivity index (χ0) is 14.3. The lowest BCUT2D eigenvalue weighted by molar-refractivity contribution is 0.360. The van der Waals surface area contributed by atoms with Crippen LogP contribution in [0, 0.1) is 6.92 Å². The normalized spacial score (nSPS) is 15.9. The predicted octanol–water partition coefficient (Wildman–Crippen LogP) is 2.91. The number of rotatable bonds is 3.